The van der Waals surface area contributed by atoms with Gasteiger partial charge in [-0.1, -0.05) is 12.1 Å². The number of aromatic amines is 1. The minimum atomic E-state index is -0.249. The lowest BCUT2D eigenvalue weighted by Gasteiger charge is -2.47. The van der Waals surface area contributed by atoms with E-state index in [-0.39, 0.29) is 17.9 Å². The van der Waals surface area contributed by atoms with E-state index in [1.165, 1.54) is 45.5 Å². The first kappa shape index (κ1) is 24.3. The lowest BCUT2D eigenvalue weighted by molar-refractivity contribution is -0.135. The molecule has 0 spiro atoms. The number of fused-ring (bicyclic) bond motifs is 2. The number of piperidine rings is 1. The lowest BCUT2D eigenvalue weighted by Crippen LogP contribution is -2.56. The molecule has 1 aliphatic heterocycles. The molecule has 7 nitrogen and oxygen atoms in total. The number of hydrogen-bond donors (Lipinski definition) is 2. The third kappa shape index (κ3) is 4.85. The number of hydrogen-bond acceptors (Lipinski definition) is 4. The highest BCUT2D eigenvalue weighted by Crippen LogP contribution is 2.47. The van der Waals surface area contributed by atoms with Crippen molar-refractivity contribution >= 4 is 22.8 Å². The molecule has 3 amide bonds. The molecular weight excluding hydrogens is 438 g/mol. The summed E-state index contributed by atoms with van der Waals surface area (Å²) < 4.78 is 0. The predicted octanol–water partition coefficient (Wildman–Crippen LogP) is 3.73. The van der Waals surface area contributed by atoms with Gasteiger partial charge in [0.05, 0.1) is 5.92 Å². The second kappa shape index (κ2) is 9.94. The molecule has 7 heteroatoms. The van der Waals surface area contributed by atoms with E-state index in [1.807, 2.05) is 21.0 Å². The second-order valence-electron chi connectivity index (χ2n) is 11.2. The quantitative estimate of drug-likeness (QED) is 0.605. The maximum absolute atomic E-state index is 13.9. The van der Waals surface area contributed by atoms with Crippen molar-refractivity contribution in [2.45, 2.75) is 57.9 Å². The van der Waals surface area contributed by atoms with E-state index >= 15 is 0 Å². The maximum Gasteiger partial charge on any atom is 0.324 e. The topological polar surface area (TPSA) is 71.7 Å². The molecule has 1 aromatic carbocycles. The van der Waals surface area contributed by atoms with Crippen molar-refractivity contribution in [2.24, 2.45) is 11.8 Å². The normalized spacial score (nSPS) is 24.0. The highest BCUT2D eigenvalue weighted by molar-refractivity contribution is 5.96. The molecule has 1 saturated carbocycles. The van der Waals surface area contributed by atoms with E-state index in [1.54, 1.807) is 0 Å². The first-order valence-corrected chi connectivity index (χ1v) is 13.4. The smallest absolute Gasteiger partial charge is 0.324 e. The molecule has 3 aliphatic rings. The van der Waals surface area contributed by atoms with E-state index in [0.29, 0.717) is 25.0 Å². The number of aromatic nitrogens is 1. The van der Waals surface area contributed by atoms with Crippen molar-refractivity contribution in [3.05, 3.63) is 35.0 Å². The fourth-order valence-electron chi connectivity index (χ4n) is 6.41. The number of carbonyl (C=O) groups excluding carboxylic acids is 2. The lowest BCUT2D eigenvalue weighted by atomic mass is 9.71. The number of carbonyl (C=O) groups is 2. The Morgan fingerprint density at radius 1 is 1.20 bits per heavy atom. The maximum atomic E-state index is 13.9. The summed E-state index contributed by atoms with van der Waals surface area (Å²) in [5.41, 5.74) is 5.32. The number of H-pyrrole nitrogens is 1. The monoisotopic (exact) mass is 479 g/mol. The third-order valence-corrected chi connectivity index (χ3v) is 8.28. The molecule has 190 valence electrons. The zero-order chi connectivity index (χ0) is 24.7. The summed E-state index contributed by atoms with van der Waals surface area (Å²) in [7, 11) is 4.05. The average Bonchev–Trinajstić information content (AvgIpc) is 3.59. The van der Waals surface area contributed by atoms with Gasteiger partial charge in [-0.15, -0.1) is 0 Å². The molecule has 35 heavy (non-hydrogen) atoms. The van der Waals surface area contributed by atoms with Crippen LogP contribution in [0.3, 0.4) is 0 Å². The molecule has 2 aromatic rings. The molecule has 2 heterocycles. The van der Waals surface area contributed by atoms with Crippen LogP contribution in [0.5, 0.6) is 0 Å². The Labute approximate surface area is 209 Å². The summed E-state index contributed by atoms with van der Waals surface area (Å²) in [5, 5.41) is 4.25. The van der Waals surface area contributed by atoms with E-state index in [4.69, 9.17) is 0 Å². The zero-order valence-electron chi connectivity index (χ0n) is 21.8. The molecule has 1 aromatic heterocycles. The first-order valence-electron chi connectivity index (χ1n) is 13.4. The fourth-order valence-corrected chi connectivity index (χ4v) is 6.41. The number of likely N-dealkylation sites (tertiary alicyclic amines) is 1. The number of benzene rings is 1. The average molecular weight is 480 g/mol. The Morgan fingerprint density at radius 3 is 2.71 bits per heavy atom. The van der Waals surface area contributed by atoms with Crippen LogP contribution in [0.2, 0.25) is 0 Å². The molecular formula is C28H41N5O2. The van der Waals surface area contributed by atoms with Gasteiger partial charge in [0.15, 0.2) is 0 Å². The van der Waals surface area contributed by atoms with Gasteiger partial charge < -0.3 is 15.2 Å². The van der Waals surface area contributed by atoms with Gasteiger partial charge in [-0.3, -0.25) is 14.6 Å². The number of urea groups is 1. The van der Waals surface area contributed by atoms with Crippen LogP contribution in [-0.4, -0.2) is 84.5 Å². The molecule has 5 rings (SSSR count). The van der Waals surface area contributed by atoms with Crippen molar-refractivity contribution in [1.82, 2.24) is 25.0 Å². The second-order valence-corrected chi connectivity index (χ2v) is 11.2. The van der Waals surface area contributed by atoms with Gasteiger partial charge in [0.1, 0.15) is 0 Å². The summed E-state index contributed by atoms with van der Waals surface area (Å²) in [4.78, 5) is 36.7. The number of rotatable bonds is 8. The van der Waals surface area contributed by atoms with Crippen molar-refractivity contribution in [2.75, 3.05) is 46.8 Å². The van der Waals surface area contributed by atoms with Crippen LogP contribution in [0.4, 0.5) is 4.79 Å². The fraction of sp³-hybridized carbons (Fsp3) is 0.643. The number of imide groups is 1. The summed E-state index contributed by atoms with van der Waals surface area (Å²) in [5.74, 6) is 0.917. The Balaban J connectivity index is 1.44. The number of aryl methyl sites for hydroxylation is 1. The molecule has 0 radical (unpaired) electrons. The van der Waals surface area contributed by atoms with Gasteiger partial charge in [-0.2, -0.15) is 0 Å². The van der Waals surface area contributed by atoms with E-state index in [9.17, 15) is 9.59 Å². The van der Waals surface area contributed by atoms with E-state index < -0.39 is 0 Å². The van der Waals surface area contributed by atoms with Gasteiger partial charge in [0, 0.05) is 54.7 Å². The Kier molecular flexibility index (Phi) is 6.91. The predicted molar refractivity (Wildman–Crippen MR) is 140 cm³/mol. The number of amides is 3. The van der Waals surface area contributed by atoms with Crippen LogP contribution >= 0.6 is 0 Å². The largest absolute Gasteiger partial charge is 0.358 e. The van der Waals surface area contributed by atoms with E-state index in [2.05, 4.69) is 45.2 Å². The summed E-state index contributed by atoms with van der Waals surface area (Å²) in [6, 6.07) is 6.78. The van der Waals surface area contributed by atoms with Crippen molar-refractivity contribution in [3.63, 3.8) is 0 Å². The Bertz CT molecular complexity index is 1090. The van der Waals surface area contributed by atoms with Gasteiger partial charge in [-0.05, 0) is 89.7 Å². The number of nitrogens with one attached hydrogen (secondary N) is 2. The molecule has 1 saturated heterocycles. The minimum Gasteiger partial charge on any atom is -0.358 e. The van der Waals surface area contributed by atoms with Crippen LogP contribution in [0, 0.1) is 18.8 Å². The Hall–Kier alpha value is -2.38. The molecule has 3 atom stereocenters. The molecule has 2 aliphatic carbocycles. The van der Waals surface area contributed by atoms with Crippen LogP contribution in [0.1, 0.15) is 55.3 Å². The standard InChI is InChI=1S/C28H41N5O2/c1-5-29-28(35)33(13-7-12-31(3)4)27(34)20-14-23-21-8-6-9-24-26(21)22(18(2)30-24)15-25(23)32(17-20)16-19-10-11-19/h6,8-9,19-20,23,25,30H,5,7,10-17H2,1-4H3,(H,29,35)/t20-,23?,25-/m1/s1. The van der Waals surface area contributed by atoms with Gasteiger partial charge in [0.25, 0.3) is 0 Å². The highest BCUT2D eigenvalue weighted by Gasteiger charge is 2.45. The molecule has 0 bridgehead atoms. The van der Waals surface area contributed by atoms with E-state index in [0.717, 1.165) is 44.8 Å². The van der Waals surface area contributed by atoms with Crippen LogP contribution < -0.4 is 5.32 Å². The minimum absolute atomic E-state index is 0.00262. The molecule has 2 N–H and O–H groups in total. The van der Waals surface area contributed by atoms with Gasteiger partial charge in [0.2, 0.25) is 5.91 Å². The number of nitrogens with zero attached hydrogens (tertiary/aromatic N) is 3. The van der Waals surface area contributed by atoms with Crippen LogP contribution in [-0.2, 0) is 11.2 Å². The van der Waals surface area contributed by atoms with Crippen LogP contribution in [0.25, 0.3) is 10.9 Å². The van der Waals surface area contributed by atoms with Crippen molar-refractivity contribution in [3.8, 4) is 0 Å². The third-order valence-electron chi connectivity index (χ3n) is 8.28. The van der Waals surface area contributed by atoms with Crippen molar-refractivity contribution in [1.29, 1.82) is 0 Å². The van der Waals surface area contributed by atoms with Crippen LogP contribution in [0.15, 0.2) is 18.2 Å². The Morgan fingerprint density at radius 2 is 2.00 bits per heavy atom. The van der Waals surface area contributed by atoms with Gasteiger partial charge >= 0.3 is 6.03 Å². The summed E-state index contributed by atoms with van der Waals surface area (Å²) >= 11 is 0. The first-order chi connectivity index (χ1) is 16.9. The SMILES string of the molecule is CCNC(=O)N(CCCN(C)C)C(=O)[C@@H]1CC2c3cccc4[nH]c(C)c(c34)C[C@H]2N(CC2CC2)C1. The zero-order valence-corrected chi connectivity index (χ0v) is 21.8. The summed E-state index contributed by atoms with van der Waals surface area (Å²) in [6.07, 6.45) is 5.24. The highest BCUT2D eigenvalue weighted by atomic mass is 16.2. The van der Waals surface area contributed by atoms with Gasteiger partial charge in [-0.25, -0.2) is 4.79 Å². The molecule has 1 unspecified atom stereocenters. The van der Waals surface area contributed by atoms with Crippen molar-refractivity contribution < 1.29 is 9.59 Å². The molecule has 2 fully saturated rings. The summed E-state index contributed by atoms with van der Waals surface area (Å²) in [6.45, 7) is 7.77.